The predicted molar refractivity (Wildman–Crippen MR) is 135 cm³/mol. The van der Waals surface area contributed by atoms with Gasteiger partial charge >= 0.3 is 0 Å². The lowest BCUT2D eigenvalue weighted by molar-refractivity contribution is -0.130. The molecule has 2 unspecified atom stereocenters. The highest BCUT2D eigenvalue weighted by Crippen LogP contribution is 2.63. The number of nitrogens with one attached hydrogen (secondary N) is 4. The van der Waals surface area contributed by atoms with Gasteiger partial charge in [0, 0.05) is 47.9 Å². The van der Waals surface area contributed by atoms with Crippen molar-refractivity contribution >= 4 is 28.2 Å². The number of rotatable bonds is 7. The van der Waals surface area contributed by atoms with E-state index < -0.39 is 0 Å². The molecule has 3 saturated carbocycles. The number of pyridine rings is 1. The molecule has 2 aromatic heterocycles. The molecule has 0 saturated heterocycles. The largest absolute Gasteiger partial charge is 0.382 e. The van der Waals surface area contributed by atoms with Crippen LogP contribution in [0.15, 0.2) is 53.6 Å². The zero-order valence-electron chi connectivity index (χ0n) is 19.8. The van der Waals surface area contributed by atoms with Crippen LogP contribution in [0.25, 0.3) is 10.8 Å². The SMILES string of the molecule is O=C(NCCC(=O)C12CC[C@@H]3C[C@@H](Nc4ccc5c(=O)[nH]ccc5c4)C[C@@H](CC31)C2)c1ccc[nH]1. The lowest BCUT2D eigenvalue weighted by atomic mass is 9.72. The second kappa shape index (κ2) is 8.70. The molecule has 3 fully saturated rings. The number of aromatic amines is 2. The number of carbonyl (C=O) groups is 2. The molecule has 6 rings (SSSR count). The average molecular weight is 473 g/mol. The van der Waals surface area contributed by atoms with E-state index in [0.29, 0.717) is 53.6 Å². The highest BCUT2D eigenvalue weighted by molar-refractivity contribution is 5.93. The molecule has 3 aromatic rings. The van der Waals surface area contributed by atoms with Gasteiger partial charge in [-0.25, -0.2) is 0 Å². The number of hydrogen-bond acceptors (Lipinski definition) is 4. The summed E-state index contributed by atoms with van der Waals surface area (Å²) in [6.45, 7) is 0.398. The Morgan fingerprint density at radius 1 is 1.06 bits per heavy atom. The Morgan fingerprint density at radius 3 is 2.83 bits per heavy atom. The van der Waals surface area contributed by atoms with Gasteiger partial charge in [-0.1, -0.05) is 0 Å². The standard InChI is InChI=1S/C28H32N4O3/c33-25(7-11-31-27(35)24-2-1-9-29-24)28-8-5-19-15-21(12-17(16-28)13-23(19)28)32-20-3-4-22-18(14-20)6-10-30-26(22)34/h1-4,6,9-10,14,17,19,21,23,29,32H,5,7-8,11-13,15-16H2,(H,30,34)(H,31,35)/t17-,19+,21-,23?,28?/m0/s1. The van der Waals surface area contributed by atoms with Crippen molar-refractivity contribution in [2.24, 2.45) is 23.2 Å². The van der Waals surface area contributed by atoms with Gasteiger partial charge in [0.25, 0.3) is 11.5 Å². The van der Waals surface area contributed by atoms with Crippen LogP contribution in [0.4, 0.5) is 5.69 Å². The molecular weight excluding hydrogens is 440 g/mol. The van der Waals surface area contributed by atoms with Gasteiger partial charge < -0.3 is 20.6 Å². The Morgan fingerprint density at radius 2 is 1.97 bits per heavy atom. The molecule has 1 amide bonds. The van der Waals surface area contributed by atoms with Crippen LogP contribution in [-0.4, -0.2) is 34.2 Å². The number of anilines is 1. The van der Waals surface area contributed by atoms with Crippen LogP contribution in [0.5, 0.6) is 0 Å². The first-order valence-electron chi connectivity index (χ1n) is 12.8. The van der Waals surface area contributed by atoms with E-state index in [4.69, 9.17) is 0 Å². The second-order valence-corrected chi connectivity index (χ2v) is 10.8. The first kappa shape index (κ1) is 22.1. The monoisotopic (exact) mass is 472 g/mol. The molecule has 2 heterocycles. The fourth-order valence-corrected chi connectivity index (χ4v) is 7.44. The third-order valence-electron chi connectivity index (χ3n) is 8.87. The average Bonchev–Trinajstić information content (AvgIpc) is 3.55. The minimum atomic E-state index is -0.179. The highest BCUT2D eigenvalue weighted by atomic mass is 16.2. The number of Topliss-reactive ketones (excluding diaryl/α,β-unsaturated/α-hetero) is 1. The number of hydrogen-bond donors (Lipinski definition) is 4. The quantitative estimate of drug-likeness (QED) is 0.413. The van der Waals surface area contributed by atoms with Crippen LogP contribution in [0, 0.1) is 23.2 Å². The van der Waals surface area contributed by atoms with E-state index in [1.807, 2.05) is 18.2 Å². The van der Waals surface area contributed by atoms with Crippen molar-refractivity contribution in [2.45, 2.75) is 51.0 Å². The molecule has 3 aliphatic rings. The molecule has 5 atom stereocenters. The Balaban J connectivity index is 1.10. The maximum absolute atomic E-state index is 13.5. The number of fused-ring (bicyclic) bond motifs is 2. The van der Waals surface area contributed by atoms with E-state index in [9.17, 15) is 14.4 Å². The van der Waals surface area contributed by atoms with Crippen molar-refractivity contribution in [1.29, 1.82) is 0 Å². The van der Waals surface area contributed by atoms with Gasteiger partial charge in [-0.2, -0.15) is 0 Å². The van der Waals surface area contributed by atoms with Crippen molar-refractivity contribution in [3.8, 4) is 0 Å². The summed E-state index contributed by atoms with van der Waals surface area (Å²) in [6, 6.07) is 11.8. The van der Waals surface area contributed by atoms with Gasteiger partial charge in [0.15, 0.2) is 0 Å². The summed E-state index contributed by atoms with van der Waals surface area (Å²) in [4.78, 5) is 43.3. The fraction of sp³-hybridized carbons (Fsp3) is 0.464. The summed E-state index contributed by atoms with van der Waals surface area (Å²) < 4.78 is 0. The number of benzene rings is 1. The molecule has 1 aromatic carbocycles. The molecule has 4 N–H and O–H groups in total. The summed E-state index contributed by atoms with van der Waals surface area (Å²) in [5.41, 5.74) is 1.35. The fourth-order valence-electron chi connectivity index (χ4n) is 7.44. The minimum Gasteiger partial charge on any atom is -0.382 e. The van der Waals surface area contributed by atoms with E-state index >= 15 is 0 Å². The molecule has 182 valence electrons. The van der Waals surface area contributed by atoms with E-state index in [-0.39, 0.29) is 16.9 Å². The van der Waals surface area contributed by atoms with Gasteiger partial charge in [-0.15, -0.1) is 0 Å². The number of ketones is 1. The second-order valence-electron chi connectivity index (χ2n) is 10.8. The normalized spacial score (nSPS) is 29.1. The molecule has 2 bridgehead atoms. The molecule has 0 radical (unpaired) electrons. The Hall–Kier alpha value is -3.35. The first-order valence-corrected chi connectivity index (χ1v) is 12.8. The van der Waals surface area contributed by atoms with E-state index in [1.165, 1.54) is 0 Å². The van der Waals surface area contributed by atoms with Crippen LogP contribution >= 0.6 is 0 Å². The van der Waals surface area contributed by atoms with Crippen molar-refractivity contribution in [3.05, 3.63) is 64.8 Å². The van der Waals surface area contributed by atoms with Crippen LogP contribution in [0.2, 0.25) is 0 Å². The molecule has 0 spiro atoms. The highest BCUT2D eigenvalue weighted by Gasteiger charge is 2.59. The lowest BCUT2D eigenvalue weighted by Gasteiger charge is -2.33. The van der Waals surface area contributed by atoms with E-state index in [0.717, 1.165) is 49.6 Å². The predicted octanol–water partition coefficient (Wildman–Crippen LogP) is 4.24. The zero-order chi connectivity index (χ0) is 24.0. The van der Waals surface area contributed by atoms with Crippen molar-refractivity contribution in [2.75, 3.05) is 11.9 Å². The van der Waals surface area contributed by atoms with Gasteiger partial charge in [0.1, 0.15) is 11.5 Å². The van der Waals surface area contributed by atoms with Gasteiger partial charge in [-0.05, 0) is 98.1 Å². The van der Waals surface area contributed by atoms with E-state index in [2.05, 4.69) is 26.7 Å². The smallest absolute Gasteiger partial charge is 0.267 e. The van der Waals surface area contributed by atoms with Crippen LogP contribution in [-0.2, 0) is 4.79 Å². The molecule has 7 heteroatoms. The number of aromatic nitrogens is 2. The maximum atomic E-state index is 13.5. The van der Waals surface area contributed by atoms with Crippen molar-refractivity contribution < 1.29 is 9.59 Å². The Bertz CT molecular complexity index is 1310. The summed E-state index contributed by atoms with van der Waals surface area (Å²) in [7, 11) is 0. The van der Waals surface area contributed by atoms with Crippen LogP contribution in [0.3, 0.4) is 0 Å². The third kappa shape index (κ3) is 3.97. The summed E-state index contributed by atoms with van der Waals surface area (Å²) in [5.74, 6) is 1.80. The van der Waals surface area contributed by atoms with Crippen LogP contribution in [0.1, 0.15) is 55.4 Å². The number of amides is 1. The molecule has 3 aliphatic carbocycles. The van der Waals surface area contributed by atoms with Gasteiger partial charge in [0.2, 0.25) is 0 Å². The van der Waals surface area contributed by atoms with Gasteiger partial charge in [0.05, 0.1) is 0 Å². The molecule has 0 aliphatic heterocycles. The minimum absolute atomic E-state index is 0.0587. The van der Waals surface area contributed by atoms with Gasteiger partial charge in [-0.3, -0.25) is 14.4 Å². The Labute approximate surface area is 204 Å². The summed E-state index contributed by atoms with van der Waals surface area (Å²) in [6.07, 6.45) is 10.3. The summed E-state index contributed by atoms with van der Waals surface area (Å²) >= 11 is 0. The molecular formula is C28H32N4O3. The van der Waals surface area contributed by atoms with Crippen molar-refractivity contribution in [3.63, 3.8) is 0 Å². The number of carbonyl (C=O) groups excluding carboxylic acids is 2. The number of H-pyrrole nitrogens is 2. The molecule has 35 heavy (non-hydrogen) atoms. The topological polar surface area (TPSA) is 107 Å². The maximum Gasteiger partial charge on any atom is 0.267 e. The first-order chi connectivity index (χ1) is 17.0. The van der Waals surface area contributed by atoms with Crippen LogP contribution < -0.4 is 16.2 Å². The molecule has 7 nitrogen and oxygen atoms in total. The van der Waals surface area contributed by atoms with E-state index in [1.54, 1.807) is 24.5 Å². The zero-order valence-corrected chi connectivity index (χ0v) is 19.8. The summed E-state index contributed by atoms with van der Waals surface area (Å²) in [5, 5.41) is 8.31. The Kier molecular flexibility index (Phi) is 5.50. The van der Waals surface area contributed by atoms with Crippen molar-refractivity contribution in [1.82, 2.24) is 15.3 Å². The third-order valence-corrected chi connectivity index (χ3v) is 8.87. The lowest BCUT2D eigenvalue weighted by Crippen LogP contribution is -2.37.